The fourth-order valence-electron chi connectivity index (χ4n) is 2.65. The van der Waals surface area contributed by atoms with E-state index in [0.29, 0.717) is 32.6 Å². The van der Waals surface area contributed by atoms with Crippen LogP contribution < -0.4 is 5.32 Å². The van der Waals surface area contributed by atoms with Crippen LogP contribution in [0.3, 0.4) is 0 Å². The highest BCUT2D eigenvalue weighted by molar-refractivity contribution is 6.42. The van der Waals surface area contributed by atoms with E-state index >= 15 is 0 Å². The molecule has 0 spiro atoms. The lowest BCUT2D eigenvalue weighted by atomic mass is 10.1. The topological polar surface area (TPSA) is 92.4 Å². The fraction of sp³-hybridized carbons (Fsp3) is 0.0588. The minimum absolute atomic E-state index is 0.0256. The van der Waals surface area contributed by atoms with Crippen LogP contribution in [0.4, 0.5) is 11.5 Å². The Balaban J connectivity index is 1.77. The van der Waals surface area contributed by atoms with Crippen molar-refractivity contribution in [1.82, 2.24) is 19.6 Å². The lowest BCUT2D eigenvalue weighted by molar-refractivity contribution is -0.136. The average molecular weight is 388 g/mol. The molecule has 0 aliphatic rings. The summed E-state index contributed by atoms with van der Waals surface area (Å²) >= 11 is 12.2. The maximum absolute atomic E-state index is 10.8. The van der Waals surface area contributed by atoms with Crippen molar-refractivity contribution in [3.05, 3.63) is 58.3 Å². The highest BCUT2D eigenvalue weighted by atomic mass is 35.5. The summed E-state index contributed by atoms with van der Waals surface area (Å²) in [4.78, 5) is 15.3. The standard InChI is InChI=1S/C17H11Cl2N5O2/c18-11-6-13-14(7-12(11)19)24-8-20-23-17(24)16(22-13)21-10-3-1-9(2-4-10)5-15(25)26/h1-4,6-8H,5H2,(H,21,22)(H,25,26). The number of benzene rings is 2. The molecule has 2 aromatic carbocycles. The molecule has 0 aliphatic carbocycles. The number of carboxylic acid groups (broad SMARTS) is 1. The summed E-state index contributed by atoms with van der Waals surface area (Å²) in [5, 5.41) is 20.9. The van der Waals surface area contributed by atoms with Crippen molar-refractivity contribution < 1.29 is 9.90 Å². The highest BCUT2D eigenvalue weighted by Gasteiger charge is 2.13. The molecule has 0 aliphatic heterocycles. The number of fused-ring (bicyclic) bond motifs is 3. The first-order chi connectivity index (χ1) is 12.5. The van der Waals surface area contributed by atoms with Crippen LogP contribution in [0.1, 0.15) is 5.56 Å². The zero-order valence-electron chi connectivity index (χ0n) is 13.1. The molecule has 0 atom stereocenters. The van der Waals surface area contributed by atoms with Gasteiger partial charge in [-0.25, -0.2) is 4.98 Å². The van der Waals surface area contributed by atoms with Crippen molar-refractivity contribution >= 4 is 57.4 Å². The first-order valence-corrected chi connectivity index (χ1v) is 8.33. The number of halogens is 2. The fourth-order valence-corrected chi connectivity index (χ4v) is 2.97. The van der Waals surface area contributed by atoms with Crippen LogP contribution >= 0.6 is 23.2 Å². The van der Waals surface area contributed by atoms with E-state index < -0.39 is 5.97 Å². The second-order valence-corrected chi connectivity index (χ2v) is 6.45. The Bertz CT molecular complexity index is 1140. The third kappa shape index (κ3) is 3.02. The molecule has 4 aromatic rings. The maximum Gasteiger partial charge on any atom is 0.307 e. The minimum atomic E-state index is -0.873. The van der Waals surface area contributed by atoms with E-state index in [2.05, 4.69) is 20.5 Å². The predicted molar refractivity (Wildman–Crippen MR) is 99.4 cm³/mol. The van der Waals surface area contributed by atoms with Crippen LogP contribution in [0.15, 0.2) is 42.7 Å². The number of nitrogens with zero attached hydrogens (tertiary/aromatic N) is 4. The summed E-state index contributed by atoms with van der Waals surface area (Å²) in [5.74, 6) is -0.373. The molecule has 0 saturated carbocycles. The molecule has 0 fully saturated rings. The summed E-state index contributed by atoms with van der Waals surface area (Å²) in [5.41, 5.74) is 3.36. The van der Waals surface area contributed by atoms with Crippen LogP contribution in [0.2, 0.25) is 10.0 Å². The van der Waals surface area contributed by atoms with Gasteiger partial charge in [-0.15, -0.1) is 10.2 Å². The number of aliphatic carboxylic acids is 1. The lowest BCUT2D eigenvalue weighted by Gasteiger charge is -2.10. The van der Waals surface area contributed by atoms with Gasteiger partial charge < -0.3 is 10.4 Å². The summed E-state index contributed by atoms with van der Waals surface area (Å²) in [6.07, 6.45) is 1.55. The predicted octanol–water partition coefficient (Wildman–Crippen LogP) is 3.96. The molecule has 130 valence electrons. The molecule has 2 N–H and O–H groups in total. The van der Waals surface area contributed by atoms with Gasteiger partial charge in [-0.1, -0.05) is 35.3 Å². The zero-order chi connectivity index (χ0) is 18.3. The van der Waals surface area contributed by atoms with Crippen molar-refractivity contribution in [2.24, 2.45) is 0 Å². The van der Waals surface area contributed by atoms with E-state index in [-0.39, 0.29) is 6.42 Å². The monoisotopic (exact) mass is 387 g/mol. The first kappa shape index (κ1) is 16.6. The van der Waals surface area contributed by atoms with Crippen LogP contribution in [0.5, 0.6) is 0 Å². The van der Waals surface area contributed by atoms with Gasteiger partial charge in [0, 0.05) is 5.69 Å². The highest BCUT2D eigenvalue weighted by Crippen LogP contribution is 2.30. The Morgan fingerprint density at radius 1 is 1.15 bits per heavy atom. The molecule has 4 rings (SSSR count). The SMILES string of the molecule is O=C(O)Cc1ccc(Nc2nc3cc(Cl)c(Cl)cc3n3cnnc23)cc1. The average Bonchev–Trinajstić information content (AvgIpc) is 3.08. The quantitative estimate of drug-likeness (QED) is 0.550. The molecule has 2 heterocycles. The minimum Gasteiger partial charge on any atom is -0.481 e. The maximum atomic E-state index is 10.8. The van der Waals surface area contributed by atoms with Gasteiger partial charge in [-0.05, 0) is 29.8 Å². The van der Waals surface area contributed by atoms with Crippen LogP contribution in [-0.2, 0) is 11.2 Å². The van der Waals surface area contributed by atoms with E-state index in [4.69, 9.17) is 28.3 Å². The number of hydrogen-bond donors (Lipinski definition) is 2. The first-order valence-electron chi connectivity index (χ1n) is 7.57. The second-order valence-electron chi connectivity index (χ2n) is 5.63. The van der Waals surface area contributed by atoms with Gasteiger partial charge in [0.1, 0.15) is 6.33 Å². The summed E-state index contributed by atoms with van der Waals surface area (Å²) in [6, 6.07) is 10.5. The van der Waals surface area contributed by atoms with Crippen LogP contribution in [0, 0.1) is 0 Å². The number of carboxylic acids is 1. The van der Waals surface area contributed by atoms with Crippen molar-refractivity contribution in [1.29, 1.82) is 0 Å². The summed E-state index contributed by atoms with van der Waals surface area (Å²) in [7, 11) is 0. The molecule has 0 unspecified atom stereocenters. The number of anilines is 2. The smallest absolute Gasteiger partial charge is 0.307 e. The van der Waals surface area contributed by atoms with Gasteiger partial charge in [0.2, 0.25) is 5.65 Å². The Hall–Kier alpha value is -2.90. The van der Waals surface area contributed by atoms with Crippen molar-refractivity contribution in [2.75, 3.05) is 5.32 Å². The van der Waals surface area contributed by atoms with E-state index in [0.717, 1.165) is 11.2 Å². The Morgan fingerprint density at radius 3 is 2.62 bits per heavy atom. The van der Waals surface area contributed by atoms with Gasteiger partial charge >= 0.3 is 5.97 Å². The van der Waals surface area contributed by atoms with Gasteiger partial charge in [-0.2, -0.15) is 0 Å². The van der Waals surface area contributed by atoms with Crippen LogP contribution in [0.25, 0.3) is 16.7 Å². The van der Waals surface area contributed by atoms with Crippen LogP contribution in [-0.4, -0.2) is 30.7 Å². The van der Waals surface area contributed by atoms with E-state index in [1.807, 2.05) is 0 Å². The van der Waals surface area contributed by atoms with E-state index in [1.165, 1.54) is 0 Å². The van der Waals surface area contributed by atoms with Gasteiger partial charge in [0.05, 0.1) is 27.5 Å². The Morgan fingerprint density at radius 2 is 1.88 bits per heavy atom. The lowest BCUT2D eigenvalue weighted by Crippen LogP contribution is -2.02. The number of rotatable bonds is 4. The molecule has 0 radical (unpaired) electrons. The molecule has 0 saturated heterocycles. The van der Waals surface area contributed by atoms with Gasteiger partial charge in [0.25, 0.3) is 0 Å². The summed E-state index contributed by atoms with van der Waals surface area (Å²) < 4.78 is 1.77. The van der Waals surface area contributed by atoms with Gasteiger partial charge in [-0.3, -0.25) is 9.20 Å². The molecule has 0 bridgehead atoms. The molecule has 7 nitrogen and oxygen atoms in total. The second kappa shape index (κ2) is 6.44. The van der Waals surface area contributed by atoms with Crippen molar-refractivity contribution in [3.63, 3.8) is 0 Å². The van der Waals surface area contributed by atoms with Crippen molar-refractivity contribution in [2.45, 2.75) is 6.42 Å². The molecule has 26 heavy (non-hydrogen) atoms. The van der Waals surface area contributed by atoms with E-state index in [1.54, 1.807) is 47.1 Å². The van der Waals surface area contributed by atoms with Gasteiger partial charge in [0.15, 0.2) is 5.82 Å². The molecular formula is C17H11Cl2N5O2. The number of nitrogens with one attached hydrogen (secondary N) is 1. The molecule has 2 aromatic heterocycles. The third-order valence-electron chi connectivity index (χ3n) is 3.84. The Kier molecular flexibility index (Phi) is 4.10. The molecule has 0 amide bonds. The normalized spacial score (nSPS) is 11.2. The molecular weight excluding hydrogens is 377 g/mol. The number of hydrogen-bond acceptors (Lipinski definition) is 5. The number of aromatic nitrogens is 4. The number of carbonyl (C=O) groups is 1. The summed E-state index contributed by atoms with van der Waals surface area (Å²) in [6.45, 7) is 0. The zero-order valence-corrected chi connectivity index (χ0v) is 14.7. The van der Waals surface area contributed by atoms with Crippen molar-refractivity contribution in [3.8, 4) is 0 Å². The Labute approximate surface area is 157 Å². The molecule has 9 heteroatoms. The largest absolute Gasteiger partial charge is 0.481 e. The van der Waals surface area contributed by atoms with E-state index in [9.17, 15) is 4.79 Å². The third-order valence-corrected chi connectivity index (χ3v) is 4.56.